The molecule has 0 atom stereocenters. The predicted octanol–water partition coefficient (Wildman–Crippen LogP) is 1.10. The van der Waals surface area contributed by atoms with Crippen LogP contribution in [0.4, 0.5) is 11.5 Å². The molecule has 0 amide bonds. The van der Waals surface area contributed by atoms with E-state index >= 15 is 0 Å². The van der Waals surface area contributed by atoms with Gasteiger partial charge in [0.1, 0.15) is 11.7 Å². The van der Waals surface area contributed by atoms with E-state index < -0.39 is 0 Å². The lowest BCUT2D eigenvalue weighted by Gasteiger charge is -2.10. The number of anilines is 2. The number of pyridine rings is 1. The molecular weight excluding hydrogens is 280 g/mol. The fourth-order valence-electron chi connectivity index (χ4n) is 2.19. The Kier molecular flexibility index (Phi) is 5.16. The van der Waals surface area contributed by atoms with Crippen molar-refractivity contribution in [1.82, 2.24) is 10.4 Å². The molecule has 2 aromatic rings. The van der Waals surface area contributed by atoms with Gasteiger partial charge in [-0.25, -0.2) is 5.84 Å². The van der Waals surface area contributed by atoms with Crippen molar-refractivity contribution in [2.45, 2.75) is 19.8 Å². The molecule has 116 valence electrons. The number of nitrogens with two attached hydrogens (primary N) is 2. The van der Waals surface area contributed by atoms with E-state index in [1.54, 1.807) is 6.20 Å². The van der Waals surface area contributed by atoms with Gasteiger partial charge in [0.15, 0.2) is 5.43 Å². The first-order chi connectivity index (χ1) is 10.6. The number of nitrogens with zero attached hydrogens (tertiary/aromatic N) is 1. The molecule has 0 fully saturated rings. The summed E-state index contributed by atoms with van der Waals surface area (Å²) in [7, 11) is 0. The van der Waals surface area contributed by atoms with Gasteiger partial charge in [-0.15, -0.1) is 0 Å². The topological polar surface area (TPSA) is 121 Å². The summed E-state index contributed by atoms with van der Waals surface area (Å²) in [4.78, 5) is 14.3. The third-order valence-electron chi connectivity index (χ3n) is 3.16. The number of nitrogens with one attached hydrogen (secondary N) is 3. The summed E-state index contributed by atoms with van der Waals surface area (Å²) >= 11 is 0. The normalized spacial score (nSPS) is 11.3. The maximum Gasteiger partial charge on any atom is 0.183 e. The van der Waals surface area contributed by atoms with E-state index in [0.29, 0.717) is 18.1 Å². The molecule has 1 aromatic carbocycles. The number of hydrogen-bond acceptors (Lipinski definition) is 5. The van der Waals surface area contributed by atoms with Crippen LogP contribution >= 0.6 is 0 Å². The van der Waals surface area contributed by atoms with Crippen LogP contribution in [0.3, 0.4) is 0 Å². The van der Waals surface area contributed by atoms with Gasteiger partial charge in [-0.3, -0.25) is 4.79 Å². The molecule has 2 rings (SSSR count). The minimum Gasteiger partial charge on any atom is -0.348 e. The van der Waals surface area contributed by atoms with Crippen molar-refractivity contribution in [2.24, 2.45) is 16.8 Å². The maximum atomic E-state index is 11.4. The minimum atomic E-state index is -0.0491. The Bertz CT molecular complexity index is 722. The number of hydrogen-bond donors (Lipinski definition) is 5. The molecule has 7 N–H and O–H groups in total. The first-order valence-corrected chi connectivity index (χ1v) is 6.90. The summed E-state index contributed by atoms with van der Waals surface area (Å²) in [6.45, 7) is 2.02. The highest BCUT2D eigenvalue weighted by Gasteiger charge is 2.03. The van der Waals surface area contributed by atoms with Crippen molar-refractivity contribution < 1.29 is 0 Å². The smallest absolute Gasteiger partial charge is 0.183 e. The quantitative estimate of drug-likeness (QED) is 0.245. The van der Waals surface area contributed by atoms with Gasteiger partial charge in [0.05, 0.1) is 0 Å². The van der Waals surface area contributed by atoms with Crippen molar-refractivity contribution >= 4 is 17.3 Å². The van der Waals surface area contributed by atoms with Crippen LogP contribution < -0.4 is 27.9 Å². The van der Waals surface area contributed by atoms with E-state index in [2.05, 4.69) is 26.9 Å². The summed E-state index contributed by atoms with van der Waals surface area (Å²) in [5.74, 6) is 11.7. The summed E-state index contributed by atoms with van der Waals surface area (Å²) < 4.78 is 0. The third-order valence-corrected chi connectivity index (χ3v) is 3.16. The van der Waals surface area contributed by atoms with Gasteiger partial charge >= 0.3 is 0 Å². The SMILES string of the molecule is Cc1cc(CC/C(=N/N)NN)cc(Nc2cc(=O)cc[nH]2)c1. The fourth-order valence-corrected chi connectivity index (χ4v) is 2.19. The third kappa shape index (κ3) is 4.35. The number of hydrazone groups is 1. The average Bonchev–Trinajstić information content (AvgIpc) is 2.48. The Balaban J connectivity index is 2.14. The number of amidine groups is 1. The number of benzene rings is 1. The molecular formula is C15H20N6O. The van der Waals surface area contributed by atoms with E-state index in [1.807, 2.05) is 19.1 Å². The molecule has 0 radical (unpaired) electrons. The van der Waals surface area contributed by atoms with E-state index in [0.717, 1.165) is 23.2 Å². The van der Waals surface area contributed by atoms with Crippen molar-refractivity contribution in [3.63, 3.8) is 0 Å². The number of H-pyrrole nitrogens is 1. The average molecular weight is 300 g/mol. The zero-order valence-corrected chi connectivity index (χ0v) is 12.4. The standard InChI is InChI=1S/C15H20N6O/c1-10-6-11(2-3-14(20-16)21-17)8-12(7-10)19-15-9-13(22)4-5-18-15/h4-9H,2-3,16-17H2,1H3,(H,20,21)(H2,18,19,22). The zero-order valence-electron chi connectivity index (χ0n) is 12.4. The summed E-state index contributed by atoms with van der Waals surface area (Å²) in [6, 6.07) is 9.10. The van der Waals surface area contributed by atoms with E-state index in [4.69, 9.17) is 11.7 Å². The lowest BCUT2D eigenvalue weighted by atomic mass is 10.1. The highest BCUT2D eigenvalue weighted by atomic mass is 16.1. The fraction of sp³-hybridized carbons (Fsp3) is 0.200. The van der Waals surface area contributed by atoms with Gasteiger partial charge in [-0.1, -0.05) is 6.07 Å². The molecule has 7 heteroatoms. The lowest BCUT2D eigenvalue weighted by molar-refractivity contribution is 0.912. The minimum absolute atomic E-state index is 0.0491. The first-order valence-electron chi connectivity index (χ1n) is 6.90. The van der Waals surface area contributed by atoms with Gasteiger partial charge in [0, 0.05) is 30.4 Å². The lowest BCUT2D eigenvalue weighted by Crippen LogP contribution is -2.31. The second-order valence-corrected chi connectivity index (χ2v) is 4.99. The molecule has 7 nitrogen and oxygen atoms in total. The van der Waals surface area contributed by atoms with E-state index in [1.165, 1.54) is 12.1 Å². The Morgan fingerprint density at radius 3 is 2.82 bits per heavy atom. The summed E-state index contributed by atoms with van der Waals surface area (Å²) in [5, 5.41) is 6.76. The Labute approximate surface area is 128 Å². The van der Waals surface area contributed by atoms with Crippen LogP contribution in [0.15, 0.2) is 46.4 Å². The van der Waals surface area contributed by atoms with Gasteiger partial charge in [-0.2, -0.15) is 5.10 Å². The molecule has 0 unspecified atom stereocenters. The van der Waals surface area contributed by atoms with Gasteiger partial charge < -0.3 is 21.6 Å². The number of aromatic nitrogens is 1. The molecule has 1 heterocycles. The highest BCUT2D eigenvalue weighted by molar-refractivity contribution is 5.81. The number of aromatic amines is 1. The van der Waals surface area contributed by atoms with Crippen LogP contribution in [-0.4, -0.2) is 10.8 Å². The summed E-state index contributed by atoms with van der Waals surface area (Å²) in [5.41, 5.74) is 5.56. The molecule has 0 aliphatic rings. The van der Waals surface area contributed by atoms with Crippen LogP contribution in [0.1, 0.15) is 17.5 Å². The van der Waals surface area contributed by atoms with E-state index in [9.17, 15) is 4.79 Å². The van der Waals surface area contributed by atoms with Crippen LogP contribution in [-0.2, 0) is 6.42 Å². The maximum absolute atomic E-state index is 11.4. The van der Waals surface area contributed by atoms with Crippen LogP contribution in [0.5, 0.6) is 0 Å². The number of hydrazine groups is 1. The van der Waals surface area contributed by atoms with Crippen molar-refractivity contribution in [1.29, 1.82) is 0 Å². The van der Waals surface area contributed by atoms with E-state index in [-0.39, 0.29) is 5.43 Å². The Morgan fingerprint density at radius 1 is 1.32 bits per heavy atom. The second kappa shape index (κ2) is 7.28. The Morgan fingerprint density at radius 2 is 2.14 bits per heavy atom. The van der Waals surface area contributed by atoms with Crippen molar-refractivity contribution in [2.75, 3.05) is 5.32 Å². The number of rotatable bonds is 5. The predicted molar refractivity (Wildman–Crippen MR) is 88.8 cm³/mol. The molecule has 0 aliphatic carbocycles. The van der Waals surface area contributed by atoms with Crippen LogP contribution in [0.25, 0.3) is 0 Å². The number of aryl methyl sites for hydroxylation is 2. The van der Waals surface area contributed by atoms with Crippen LogP contribution in [0.2, 0.25) is 0 Å². The monoisotopic (exact) mass is 300 g/mol. The van der Waals surface area contributed by atoms with Gasteiger partial charge in [0.25, 0.3) is 0 Å². The molecule has 0 aliphatic heterocycles. The van der Waals surface area contributed by atoms with Crippen molar-refractivity contribution in [3.05, 3.63) is 57.9 Å². The second-order valence-electron chi connectivity index (χ2n) is 4.99. The highest BCUT2D eigenvalue weighted by Crippen LogP contribution is 2.19. The van der Waals surface area contributed by atoms with Gasteiger partial charge in [-0.05, 0) is 36.6 Å². The first kappa shape index (κ1) is 15.6. The largest absolute Gasteiger partial charge is 0.348 e. The molecule has 0 saturated carbocycles. The van der Waals surface area contributed by atoms with Crippen molar-refractivity contribution in [3.8, 4) is 0 Å². The van der Waals surface area contributed by atoms with Gasteiger partial charge in [0.2, 0.25) is 0 Å². The molecule has 0 saturated heterocycles. The molecule has 0 spiro atoms. The zero-order chi connectivity index (χ0) is 15.9. The summed E-state index contributed by atoms with van der Waals surface area (Å²) in [6.07, 6.45) is 2.98. The Hall–Kier alpha value is -2.80. The molecule has 22 heavy (non-hydrogen) atoms. The molecule has 0 bridgehead atoms. The van der Waals surface area contributed by atoms with Crippen LogP contribution in [0, 0.1) is 6.92 Å². The molecule has 1 aromatic heterocycles.